The van der Waals surface area contributed by atoms with Crippen LogP contribution in [0.2, 0.25) is 0 Å². The third kappa shape index (κ3) is 7.02. The van der Waals surface area contributed by atoms with Crippen molar-refractivity contribution in [2.75, 3.05) is 13.2 Å². The molecular weight excluding hydrogens is 453 g/mol. The first kappa shape index (κ1) is 25.7. The van der Waals surface area contributed by atoms with Crippen molar-refractivity contribution >= 4 is 17.9 Å². The van der Waals surface area contributed by atoms with Crippen molar-refractivity contribution in [1.29, 1.82) is 0 Å². The molecule has 0 saturated carbocycles. The molecule has 0 atom stereocenters. The average molecular weight is 482 g/mol. The van der Waals surface area contributed by atoms with E-state index in [0.29, 0.717) is 17.5 Å². The predicted octanol–water partition coefficient (Wildman–Crippen LogP) is 4.58. The van der Waals surface area contributed by atoms with E-state index in [1.807, 2.05) is 30.3 Å². The van der Waals surface area contributed by atoms with Gasteiger partial charge in [-0.25, -0.2) is 14.0 Å². The number of ether oxygens (including phenoxy) is 3. The number of rotatable bonds is 11. The van der Waals surface area contributed by atoms with Gasteiger partial charge < -0.3 is 19.2 Å². The Balaban J connectivity index is 1.97. The summed E-state index contributed by atoms with van der Waals surface area (Å²) in [6, 6.07) is 15.2. The third-order valence-electron chi connectivity index (χ3n) is 5.26. The van der Waals surface area contributed by atoms with Gasteiger partial charge in [0, 0.05) is 5.69 Å². The Morgan fingerprint density at radius 1 is 0.829 bits per heavy atom. The van der Waals surface area contributed by atoms with Crippen molar-refractivity contribution in [3.8, 4) is 0 Å². The van der Waals surface area contributed by atoms with Crippen LogP contribution in [-0.2, 0) is 44.9 Å². The number of benzene rings is 2. The lowest BCUT2D eigenvalue weighted by Crippen LogP contribution is -2.14. The number of nitrogens with one attached hydrogen (secondary N) is 1. The molecule has 0 fully saturated rings. The zero-order chi connectivity index (χ0) is 25.2. The Kier molecular flexibility index (Phi) is 9.17. The van der Waals surface area contributed by atoms with Gasteiger partial charge in [-0.05, 0) is 55.5 Å². The summed E-state index contributed by atoms with van der Waals surface area (Å²) in [5.41, 5.74) is 2.21. The van der Waals surface area contributed by atoms with E-state index in [2.05, 4.69) is 4.98 Å². The van der Waals surface area contributed by atoms with Crippen LogP contribution in [-0.4, -0.2) is 36.1 Å². The fourth-order valence-corrected chi connectivity index (χ4v) is 3.72. The predicted molar refractivity (Wildman–Crippen MR) is 126 cm³/mol. The van der Waals surface area contributed by atoms with Gasteiger partial charge in [0.15, 0.2) is 0 Å². The summed E-state index contributed by atoms with van der Waals surface area (Å²) in [6.45, 7) is 3.66. The van der Waals surface area contributed by atoms with E-state index in [-0.39, 0.29) is 55.4 Å². The molecule has 7 nitrogen and oxygen atoms in total. The highest BCUT2D eigenvalue weighted by Crippen LogP contribution is 2.25. The fraction of sp³-hybridized carbons (Fsp3) is 0.296. The number of hydrogen-bond donors (Lipinski definition) is 1. The number of hydrogen-bond acceptors (Lipinski definition) is 6. The molecule has 0 unspecified atom stereocenters. The summed E-state index contributed by atoms with van der Waals surface area (Å²) in [5, 5.41) is 0. The lowest BCUT2D eigenvalue weighted by molar-refractivity contribution is -0.142. The topological polar surface area (TPSA) is 94.7 Å². The second-order valence-electron chi connectivity index (χ2n) is 7.73. The Morgan fingerprint density at radius 2 is 1.54 bits per heavy atom. The minimum Gasteiger partial charge on any atom is -0.466 e. The molecule has 35 heavy (non-hydrogen) atoms. The van der Waals surface area contributed by atoms with E-state index in [9.17, 15) is 18.8 Å². The van der Waals surface area contributed by atoms with E-state index >= 15 is 0 Å². The van der Waals surface area contributed by atoms with Crippen LogP contribution < -0.4 is 0 Å². The fourth-order valence-electron chi connectivity index (χ4n) is 3.72. The van der Waals surface area contributed by atoms with Gasteiger partial charge in [0.05, 0.1) is 25.2 Å². The molecule has 0 aliphatic rings. The maximum Gasteiger partial charge on any atom is 0.355 e. The lowest BCUT2D eigenvalue weighted by atomic mass is 9.99. The maximum absolute atomic E-state index is 13.7. The molecule has 0 aliphatic heterocycles. The molecule has 1 aromatic heterocycles. The summed E-state index contributed by atoms with van der Waals surface area (Å²) < 4.78 is 29.4. The van der Waals surface area contributed by atoms with E-state index in [4.69, 9.17) is 14.2 Å². The number of aromatic amines is 1. The number of esters is 3. The monoisotopic (exact) mass is 481 g/mol. The Hall–Kier alpha value is -3.94. The second-order valence-corrected chi connectivity index (χ2v) is 7.73. The number of halogens is 1. The molecule has 184 valence electrons. The van der Waals surface area contributed by atoms with Gasteiger partial charge in [-0.15, -0.1) is 0 Å². The maximum atomic E-state index is 13.7. The van der Waals surface area contributed by atoms with Crippen LogP contribution in [0.25, 0.3) is 0 Å². The van der Waals surface area contributed by atoms with E-state index in [1.165, 1.54) is 12.1 Å². The van der Waals surface area contributed by atoms with Gasteiger partial charge in [0.25, 0.3) is 0 Å². The summed E-state index contributed by atoms with van der Waals surface area (Å²) in [5.74, 6) is -2.28. The normalized spacial score (nSPS) is 10.6. The molecule has 1 N–H and O–H groups in total. The largest absolute Gasteiger partial charge is 0.466 e. The van der Waals surface area contributed by atoms with Crippen LogP contribution in [0.5, 0.6) is 0 Å². The van der Waals surface area contributed by atoms with Crippen molar-refractivity contribution < 1.29 is 33.0 Å². The number of H-pyrrole nitrogens is 1. The minimum atomic E-state index is -0.677. The highest BCUT2D eigenvalue weighted by Gasteiger charge is 2.29. The van der Waals surface area contributed by atoms with Gasteiger partial charge in [-0.3, -0.25) is 4.79 Å². The summed E-state index contributed by atoms with van der Waals surface area (Å²) in [7, 11) is 0. The average Bonchev–Trinajstić information content (AvgIpc) is 3.20. The molecule has 0 amide bonds. The number of aromatic nitrogens is 1. The molecule has 0 spiro atoms. The zero-order valence-corrected chi connectivity index (χ0v) is 19.8. The molecule has 2 aromatic carbocycles. The van der Waals surface area contributed by atoms with Crippen LogP contribution in [0.4, 0.5) is 4.39 Å². The van der Waals surface area contributed by atoms with Crippen molar-refractivity contribution in [2.45, 2.75) is 39.7 Å². The Labute approximate surface area is 203 Å². The zero-order valence-electron chi connectivity index (χ0n) is 19.8. The molecule has 3 rings (SSSR count). The van der Waals surface area contributed by atoms with Gasteiger partial charge in [0.2, 0.25) is 0 Å². The molecule has 8 heteroatoms. The second kappa shape index (κ2) is 12.5. The van der Waals surface area contributed by atoms with E-state index in [1.54, 1.807) is 26.0 Å². The summed E-state index contributed by atoms with van der Waals surface area (Å²) in [6.07, 6.45) is 0.313. The summed E-state index contributed by atoms with van der Waals surface area (Å²) >= 11 is 0. The first-order chi connectivity index (χ1) is 16.9. The van der Waals surface area contributed by atoms with Gasteiger partial charge in [-0.1, -0.05) is 42.5 Å². The Bertz CT molecular complexity index is 1170. The van der Waals surface area contributed by atoms with Gasteiger partial charge in [-0.2, -0.15) is 0 Å². The third-order valence-corrected chi connectivity index (χ3v) is 5.26. The lowest BCUT2D eigenvalue weighted by Gasteiger charge is -2.09. The van der Waals surface area contributed by atoms with Crippen LogP contribution in [0.15, 0.2) is 54.6 Å². The highest BCUT2D eigenvalue weighted by molar-refractivity contribution is 5.99. The highest BCUT2D eigenvalue weighted by atomic mass is 19.1. The number of carbonyl (C=O) groups is 3. The standard InChI is InChI=1S/C27H28FNO6/c1-3-33-23(30)16-22-24(26(31)34-4-2)21(14-13-18-11-8-12-20(28)15-18)25(29-22)27(32)35-17-19-9-6-5-7-10-19/h5-12,15,29H,3-4,13-14,16-17H2,1-2H3. The van der Waals surface area contributed by atoms with Crippen molar-refractivity contribution in [3.05, 3.63) is 94.1 Å². The van der Waals surface area contributed by atoms with Crippen molar-refractivity contribution in [2.24, 2.45) is 0 Å². The van der Waals surface area contributed by atoms with Crippen LogP contribution in [0.3, 0.4) is 0 Å². The van der Waals surface area contributed by atoms with Gasteiger partial charge in [0.1, 0.15) is 18.1 Å². The molecule has 0 bridgehead atoms. The van der Waals surface area contributed by atoms with E-state index < -0.39 is 17.9 Å². The molecule has 3 aromatic rings. The van der Waals surface area contributed by atoms with Crippen LogP contribution in [0.1, 0.15) is 57.1 Å². The summed E-state index contributed by atoms with van der Waals surface area (Å²) in [4.78, 5) is 41.1. The quantitative estimate of drug-likeness (QED) is 0.318. The van der Waals surface area contributed by atoms with Crippen LogP contribution >= 0.6 is 0 Å². The van der Waals surface area contributed by atoms with Crippen molar-refractivity contribution in [1.82, 2.24) is 4.98 Å². The molecule has 0 radical (unpaired) electrons. The smallest absolute Gasteiger partial charge is 0.355 e. The SMILES string of the molecule is CCOC(=O)Cc1[nH]c(C(=O)OCc2ccccc2)c(CCc2cccc(F)c2)c1C(=O)OCC. The Morgan fingerprint density at radius 3 is 2.23 bits per heavy atom. The molecular formula is C27H28FNO6. The first-order valence-corrected chi connectivity index (χ1v) is 11.4. The van der Waals surface area contributed by atoms with Crippen LogP contribution in [0, 0.1) is 5.82 Å². The molecule has 1 heterocycles. The van der Waals surface area contributed by atoms with Gasteiger partial charge >= 0.3 is 17.9 Å². The molecule has 0 aliphatic carbocycles. The number of aryl methyl sites for hydroxylation is 1. The van der Waals surface area contributed by atoms with Crippen molar-refractivity contribution in [3.63, 3.8) is 0 Å². The van der Waals surface area contributed by atoms with E-state index in [0.717, 1.165) is 5.56 Å². The number of carbonyl (C=O) groups excluding carboxylic acids is 3. The first-order valence-electron chi connectivity index (χ1n) is 11.4. The minimum absolute atomic E-state index is 0.0317. The molecule has 0 saturated heterocycles.